The molecule has 27 heavy (non-hydrogen) atoms. The Labute approximate surface area is 163 Å². The summed E-state index contributed by atoms with van der Waals surface area (Å²) in [5.41, 5.74) is 4.93. The van der Waals surface area contributed by atoms with Gasteiger partial charge in [0.1, 0.15) is 0 Å². The summed E-state index contributed by atoms with van der Waals surface area (Å²) in [6.07, 6.45) is 6.50. The monoisotopic (exact) mass is 486 g/mol. The number of hydroxylamine groups is 2. The summed E-state index contributed by atoms with van der Waals surface area (Å²) in [5, 5.41) is 0. The molecule has 0 unspecified atom stereocenters. The van der Waals surface area contributed by atoms with Crippen LogP contribution in [0.1, 0.15) is 60.6 Å². The normalized spacial score (nSPS) is 11.3. The zero-order valence-electron chi connectivity index (χ0n) is 15.7. The summed E-state index contributed by atoms with van der Waals surface area (Å²) in [4.78, 5) is 24.3. The topological polar surface area (TPSA) is 103 Å². The molecule has 0 saturated heterocycles. The molecule has 148 valence electrons. The van der Waals surface area contributed by atoms with E-state index in [4.69, 9.17) is 15.2 Å². The number of amides is 2. The third-order valence-electron chi connectivity index (χ3n) is 3.97. The second kappa shape index (κ2) is 11.2. The van der Waals surface area contributed by atoms with Gasteiger partial charge >= 0.3 is 163 Å². The van der Waals surface area contributed by atoms with Crippen LogP contribution >= 0.6 is 0 Å². The Hall–Kier alpha value is -1.78. The van der Waals surface area contributed by atoms with Gasteiger partial charge in [0.25, 0.3) is 0 Å². The van der Waals surface area contributed by atoms with E-state index in [1.165, 1.54) is 12.5 Å². The number of rotatable bonds is 12. The second-order valence-corrected chi connectivity index (χ2v) is 15.4. The molecule has 2 aromatic rings. The SMILES string of the molecule is CCC[CH2][Sn]([CH2]CCC)([O]NC(=O)c1ccco1)[O]NC(=O)c1ccco1. The van der Waals surface area contributed by atoms with E-state index in [9.17, 15) is 9.59 Å². The van der Waals surface area contributed by atoms with Crippen LogP contribution < -0.4 is 11.0 Å². The van der Waals surface area contributed by atoms with Crippen molar-refractivity contribution in [3.63, 3.8) is 0 Å². The molecule has 2 rings (SSSR count). The van der Waals surface area contributed by atoms with Crippen LogP contribution in [0.2, 0.25) is 8.87 Å². The first kappa shape index (κ1) is 21.5. The van der Waals surface area contributed by atoms with E-state index in [2.05, 4.69) is 24.8 Å². The first-order valence-corrected chi connectivity index (χ1v) is 15.5. The molecule has 0 aliphatic carbocycles. The van der Waals surface area contributed by atoms with E-state index in [1.54, 1.807) is 24.3 Å². The summed E-state index contributed by atoms with van der Waals surface area (Å²) in [7, 11) is 0. The van der Waals surface area contributed by atoms with Crippen LogP contribution in [0.4, 0.5) is 0 Å². The fourth-order valence-electron chi connectivity index (χ4n) is 2.44. The van der Waals surface area contributed by atoms with Crippen molar-refractivity contribution >= 4 is 31.0 Å². The van der Waals surface area contributed by atoms with Gasteiger partial charge in [0, 0.05) is 0 Å². The van der Waals surface area contributed by atoms with E-state index in [0.29, 0.717) is 8.87 Å². The van der Waals surface area contributed by atoms with Gasteiger partial charge < -0.3 is 0 Å². The minimum atomic E-state index is -3.82. The number of furan rings is 2. The van der Waals surface area contributed by atoms with Gasteiger partial charge in [0.05, 0.1) is 0 Å². The van der Waals surface area contributed by atoms with E-state index in [-0.39, 0.29) is 11.5 Å². The third-order valence-corrected chi connectivity index (χ3v) is 13.0. The van der Waals surface area contributed by atoms with Crippen LogP contribution in [0.25, 0.3) is 0 Å². The van der Waals surface area contributed by atoms with Gasteiger partial charge in [-0.3, -0.25) is 0 Å². The molecule has 0 fully saturated rings. The molecule has 2 heterocycles. The molecule has 0 radical (unpaired) electrons. The van der Waals surface area contributed by atoms with E-state index >= 15 is 0 Å². The second-order valence-electron chi connectivity index (χ2n) is 6.14. The first-order valence-electron chi connectivity index (χ1n) is 9.14. The molecule has 8 nitrogen and oxygen atoms in total. The molecule has 0 atom stereocenters. The summed E-state index contributed by atoms with van der Waals surface area (Å²) >= 11 is -3.82. The van der Waals surface area contributed by atoms with Gasteiger partial charge in [-0.1, -0.05) is 0 Å². The fraction of sp³-hybridized carbons (Fsp3) is 0.444. The van der Waals surface area contributed by atoms with Crippen molar-refractivity contribution in [1.82, 2.24) is 11.0 Å². The van der Waals surface area contributed by atoms with Crippen molar-refractivity contribution in [1.29, 1.82) is 0 Å². The van der Waals surface area contributed by atoms with Gasteiger partial charge in [-0.15, -0.1) is 0 Å². The van der Waals surface area contributed by atoms with Crippen LogP contribution in [0.15, 0.2) is 45.6 Å². The average molecular weight is 485 g/mol. The molecule has 0 saturated carbocycles. The Bertz CT molecular complexity index is 627. The van der Waals surface area contributed by atoms with Crippen molar-refractivity contribution in [2.24, 2.45) is 0 Å². The summed E-state index contributed by atoms with van der Waals surface area (Å²) in [5.74, 6) is -0.647. The number of unbranched alkanes of at least 4 members (excludes halogenated alkanes) is 2. The van der Waals surface area contributed by atoms with Gasteiger partial charge in [-0.2, -0.15) is 0 Å². The van der Waals surface area contributed by atoms with Crippen LogP contribution in [0, 0.1) is 0 Å². The van der Waals surface area contributed by atoms with Crippen LogP contribution in [0.5, 0.6) is 0 Å². The van der Waals surface area contributed by atoms with Crippen molar-refractivity contribution in [2.45, 2.75) is 48.4 Å². The summed E-state index contributed by atoms with van der Waals surface area (Å²) in [6.45, 7) is 4.14. The molecule has 2 N–H and O–H groups in total. The average Bonchev–Trinajstić information content (AvgIpc) is 3.40. The maximum atomic E-state index is 12.2. The Morgan fingerprint density at radius 1 is 0.889 bits per heavy atom. The van der Waals surface area contributed by atoms with Gasteiger partial charge in [0.15, 0.2) is 0 Å². The Morgan fingerprint density at radius 3 is 1.67 bits per heavy atom. The van der Waals surface area contributed by atoms with Crippen LogP contribution in [0.3, 0.4) is 0 Å². The van der Waals surface area contributed by atoms with Gasteiger partial charge in [-0.25, -0.2) is 0 Å². The van der Waals surface area contributed by atoms with Crippen molar-refractivity contribution in [3.8, 4) is 0 Å². The quantitative estimate of drug-likeness (QED) is 0.349. The van der Waals surface area contributed by atoms with E-state index < -0.39 is 31.0 Å². The van der Waals surface area contributed by atoms with Crippen molar-refractivity contribution in [2.75, 3.05) is 0 Å². The molecule has 2 aromatic heterocycles. The predicted octanol–water partition coefficient (Wildman–Crippen LogP) is 3.94. The Kier molecular flexibility index (Phi) is 8.89. The van der Waals surface area contributed by atoms with Crippen LogP contribution in [-0.4, -0.2) is 31.0 Å². The number of carbonyl (C=O) groups is 2. The number of hydrogen-bond donors (Lipinski definition) is 2. The van der Waals surface area contributed by atoms with Crippen molar-refractivity contribution in [3.05, 3.63) is 48.3 Å². The molecular weight excluding hydrogens is 459 g/mol. The summed E-state index contributed by atoms with van der Waals surface area (Å²) < 4.78 is 23.3. The molecule has 0 bridgehead atoms. The standard InChI is InChI=1S/2C5H4NO3.2C4H9.Sn/c2*7-5(6-8)4-2-1-3-9-4;2*1-3-4-2;/h2*1-3H,(H-,6,7,8);2*1,3-4H2,2H3;/q2*-1;;;+2. The number of carbonyl (C=O) groups excluding carboxylic acids is 2. The first-order chi connectivity index (χ1) is 13.1. The molecule has 0 aliphatic heterocycles. The number of hydrogen-bond acceptors (Lipinski definition) is 6. The van der Waals surface area contributed by atoms with E-state index in [1.807, 2.05) is 0 Å². The zero-order valence-corrected chi connectivity index (χ0v) is 18.5. The molecule has 2 amide bonds. The Morgan fingerprint density at radius 2 is 1.33 bits per heavy atom. The molecule has 0 aromatic carbocycles. The molecule has 0 aliphatic rings. The number of nitrogens with one attached hydrogen (secondary N) is 2. The maximum absolute atomic E-state index is 12.2. The zero-order chi connectivity index (χ0) is 19.5. The predicted molar refractivity (Wildman–Crippen MR) is 99.7 cm³/mol. The van der Waals surface area contributed by atoms with Crippen LogP contribution in [-0.2, 0) is 6.35 Å². The molecule has 0 spiro atoms. The fourth-order valence-corrected chi connectivity index (χ4v) is 11.1. The minimum absolute atomic E-state index is 0.154. The Balaban J connectivity index is 2.06. The van der Waals surface area contributed by atoms with Gasteiger partial charge in [-0.05, 0) is 0 Å². The molecule has 9 heteroatoms. The molecular formula is C18H26N2O6Sn. The third kappa shape index (κ3) is 6.71. The summed E-state index contributed by atoms with van der Waals surface area (Å²) in [6, 6.07) is 6.35. The van der Waals surface area contributed by atoms with Gasteiger partial charge in [0.2, 0.25) is 0 Å². The van der Waals surface area contributed by atoms with Crippen molar-refractivity contribution < 1.29 is 24.8 Å². The van der Waals surface area contributed by atoms with E-state index in [0.717, 1.165) is 25.7 Å².